The van der Waals surface area contributed by atoms with Gasteiger partial charge in [-0.3, -0.25) is 0 Å². The number of rotatable bonds is 1. The lowest BCUT2D eigenvalue weighted by molar-refractivity contribution is -0.606. The maximum absolute atomic E-state index is 11.9. The van der Waals surface area contributed by atoms with Crippen molar-refractivity contribution in [3.05, 3.63) is 49.2 Å². The Kier molecular flexibility index (Phi) is 3.61. The molecule has 0 spiro atoms. The zero-order valence-corrected chi connectivity index (χ0v) is 12.6. The molecule has 2 aromatic rings. The molecule has 0 fully saturated rings. The van der Waals surface area contributed by atoms with Gasteiger partial charge in [-0.25, -0.2) is 4.98 Å². The van der Waals surface area contributed by atoms with Crippen LogP contribution in [0.1, 0.15) is 0 Å². The number of hydrogen-bond acceptors (Lipinski definition) is 2. The molecule has 2 rings (SSSR count). The summed E-state index contributed by atoms with van der Waals surface area (Å²) in [5.41, 5.74) is 1.12. The van der Waals surface area contributed by atoms with Gasteiger partial charge < -0.3 is 5.21 Å². The molecule has 0 saturated heterocycles. The molecule has 0 aliphatic carbocycles. The molecular formula is C10H5Br3N2O. The third-order valence-electron chi connectivity index (χ3n) is 1.98. The number of hydrogen-bond donors (Lipinski definition) is 0. The SMILES string of the molecule is [O-][n+]1c(-c2ccccn2)cc(Br)c(Br)c1Br. The molecule has 0 radical (unpaired) electrons. The molecule has 0 N–H and O–H groups in total. The Morgan fingerprint density at radius 1 is 1.19 bits per heavy atom. The summed E-state index contributed by atoms with van der Waals surface area (Å²) < 4.78 is 2.69. The summed E-state index contributed by atoms with van der Waals surface area (Å²) in [6.45, 7) is 0. The Morgan fingerprint density at radius 2 is 1.94 bits per heavy atom. The van der Waals surface area contributed by atoms with Crippen LogP contribution in [0, 0.1) is 5.21 Å². The second-order valence-corrected chi connectivity index (χ2v) is 5.39. The highest BCUT2D eigenvalue weighted by atomic mass is 79.9. The fourth-order valence-electron chi connectivity index (χ4n) is 1.23. The molecule has 0 aromatic carbocycles. The lowest BCUT2D eigenvalue weighted by Crippen LogP contribution is -2.31. The molecule has 2 aromatic heterocycles. The van der Waals surface area contributed by atoms with Gasteiger partial charge in [-0.1, -0.05) is 6.07 Å². The van der Waals surface area contributed by atoms with E-state index in [0.717, 1.165) is 9.20 Å². The molecule has 0 atom stereocenters. The van der Waals surface area contributed by atoms with E-state index in [1.807, 2.05) is 12.1 Å². The quantitative estimate of drug-likeness (QED) is 0.410. The minimum absolute atomic E-state index is 0.419. The monoisotopic (exact) mass is 406 g/mol. The van der Waals surface area contributed by atoms with Crippen LogP contribution in [0.4, 0.5) is 0 Å². The van der Waals surface area contributed by atoms with Crippen molar-refractivity contribution in [3.8, 4) is 11.4 Å². The van der Waals surface area contributed by atoms with Crippen molar-refractivity contribution in [2.45, 2.75) is 0 Å². The minimum Gasteiger partial charge on any atom is -0.617 e. The summed E-state index contributed by atoms with van der Waals surface area (Å²) in [7, 11) is 0. The van der Waals surface area contributed by atoms with Crippen molar-refractivity contribution in [3.63, 3.8) is 0 Å². The predicted octanol–water partition coefficient (Wildman–Crippen LogP) is 3.67. The van der Waals surface area contributed by atoms with Crippen LogP contribution in [0.25, 0.3) is 11.4 Å². The van der Waals surface area contributed by atoms with Gasteiger partial charge in [0.1, 0.15) is 10.2 Å². The number of nitrogens with zero attached hydrogens (tertiary/aromatic N) is 2. The van der Waals surface area contributed by atoms with Gasteiger partial charge in [-0.15, -0.1) is 0 Å². The van der Waals surface area contributed by atoms with Gasteiger partial charge in [0.2, 0.25) is 5.69 Å². The van der Waals surface area contributed by atoms with Gasteiger partial charge in [0.15, 0.2) is 0 Å². The highest BCUT2D eigenvalue weighted by Crippen LogP contribution is 2.31. The van der Waals surface area contributed by atoms with Gasteiger partial charge in [0, 0.05) is 32.7 Å². The second-order valence-electron chi connectivity index (χ2n) is 2.99. The van der Waals surface area contributed by atoms with E-state index in [1.165, 1.54) is 0 Å². The molecule has 0 aliphatic rings. The van der Waals surface area contributed by atoms with Crippen LogP contribution in [-0.2, 0) is 0 Å². The van der Waals surface area contributed by atoms with Crippen molar-refractivity contribution < 1.29 is 4.73 Å². The zero-order valence-electron chi connectivity index (χ0n) is 7.82. The third kappa shape index (κ3) is 2.14. The minimum atomic E-state index is 0.419. The van der Waals surface area contributed by atoms with E-state index in [9.17, 15) is 5.21 Å². The molecule has 2 heterocycles. The topological polar surface area (TPSA) is 39.8 Å². The Labute approximate surface area is 117 Å². The summed E-state index contributed by atoms with van der Waals surface area (Å²) in [6, 6.07) is 7.16. The first-order chi connectivity index (χ1) is 7.61. The summed E-state index contributed by atoms with van der Waals surface area (Å²) >= 11 is 9.90. The molecule has 6 heteroatoms. The average Bonchev–Trinajstić information content (AvgIpc) is 2.32. The molecule has 82 valence electrons. The number of aromatic nitrogens is 2. The van der Waals surface area contributed by atoms with Gasteiger partial charge in [0.05, 0.1) is 0 Å². The molecule has 0 amide bonds. The van der Waals surface area contributed by atoms with Gasteiger partial charge in [0.25, 0.3) is 4.60 Å². The van der Waals surface area contributed by atoms with Crippen LogP contribution in [0.5, 0.6) is 0 Å². The van der Waals surface area contributed by atoms with E-state index < -0.39 is 0 Å². The first kappa shape index (κ1) is 12.0. The summed E-state index contributed by atoms with van der Waals surface area (Å²) in [5, 5.41) is 11.9. The molecule has 0 saturated carbocycles. The third-order valence-corrected chi connectivity index (χ3v) is 5.19. The number of halogens is 3. The second kappa shape index (κ2) is 4.81. The van der Waals surface area contributed by atoms with E-state index in [2.05, 4.69) is 52.8 Å². The maximum atomic E-state index is 11.9. The van der Waals surface area contributed by atoms with E-state index in [0.29, 0.717) is 20.5 Å². The molecule has 0 unspecified atom stereocenters. The first-order valence-electron chi connectivity index (χ1n) is 4.29. The highest BCUT2D eigenvalue weighted by Gasteiger charge is 2.19. The predicted molar refractivity (Wildman–Crippen MR) is 71.7 cm³/mol. The van der Waals surface area contributed by atoms with Crippen LogP contribution in [0.3, 0.4) is 0 Å². The average molecular weight is 409 g/mol. The molecule has 16 heavy (non-hydrogen) atoms. The molecular weight excluding hydrogens is 404 g/mol. The van der Waals surface area contributed by atoms with E-state index in [4.69, 9.17) is 0 Å². The smallest absolute Gasteiger partial charge is 0.275 e. The Balaban J connectivity index is 2.68. The van der Waals surface area contributed by atoms with Crippen molar-refractivity contribution in [2.75, 3.05) is 0 Å². The molecule has 3 nitrogen and oxygen atoms in total. The first-order valence-corrected chi connectivity index (χ1v) is 6.67. The van der Waals surface area contributed by atoms with Crippen molar-refractivity contribution in [2.24, 2.45) is 0 Å². The van der Waals surface area contributed by atoms with Crippen molar-refractivity contribution in [1.82, 2.24) is 4.98 Å². The standard InChI is InChI=1S/C10H5Br3N2O/c11-6-5-8(7-3-1-2-4-14-7)15(16)10(13)9(6)12/h1-5H. The highest BCUT2D eigenvalue weighted by molar-refractivity contribution is 9.14. The Hall–Kier alpha value is -0.460. The van der Waals surface area contributed by atoms with Crippen molar-refractivity contribution >= 4 is 47.8 Å². The molecule has 0 aliphatic heterocycles. The zero-order chi connectivity index (χ0) is 11.7. The molecule has 0 bridgehead atoms. The van der Waals surface area contributed by atoms with Crippen LogP contribution in [-0.4, -0.2) is 4.98 Å². The summed E-state index contributed by atoms with van der Waals surface area (Å²) in [4.78, 5) is 4.14. The van der Waals surface area contributed by atoms with Gasteiger partial charge in [-0.2, -0.15) is 4.73 Å². The van der Waals surface area contributed by atoms with Crippen LogP contribution in [0.15, 0.2) is 44.0 Å². The number of pyridine rings is 2. The lowest BCUT2D eigenvalue weighted by atomic mass is 10.2. The van der Waals surface area contributed by atoms with Crippen LogP contribution < -0.4 is 4.73 Å². The maximum Gasteiger partial charge on any atom is 0.275 e. The fraction of sp³-hybridized carbons (Fsp3) is 0. The van der Waals surface area contributed by atoms with E-state index in [1.54, 1.807) is 18.3 Å². The van der Waals surface area contributed by atoms with Crippen LogP contribution >= 0.6 is 47.8 Å². The van der Waals surface area contributed by atoms with Gasteiger partial charge >= 0.3 is 0 Å². The van der Waals surface area contributed by atoms with Crippen molar-refractivity contribution in [1.29, 1.82) is 0 Å². The Morgan fingerprint density at radius 3 is 2.56 bits per heavy atom. The Bertz CT molecular complexity index is 531. The lowest BCUT2D eigenvalue weighted by Gasteiger charge is -2.08. The summed E-state index contributed by atoms with van der Waals surface area (Å²) in [5.74, 6) is 0. The largest absolute Gasteiger partial charge is 0.617 e. The van der Waals surface area contributed by atoms with Crippen LogP contribution in [0.2, 0.25) is 0 Å². The van der Waals surface area contributed by atoms with Gasteiger partial charge in [-0.05, 0) is 44.0 Å². The van der Waals surface area contributed by atoms with E-state index in [-0.39, 0.29) is 0 Å². The fourth-order valence-corrected chi connectivity index (χ4v) is 2.58. The summed E-state index contributed by atoms with van der Waals surface area (Å²) in [6.07, 6.45) is 1.65. The van der Waals surface area contributed by atoms with E-state index >= 15 is 0 Å². The normalized spacial score (nSPS) is 10.4.